The Labute approximate surface area is 149 Å². The third-order valence-electron chi connectivity index (χ3n) is 4.79. The van der Waals surface area contributed by atoms with Crippen LogP contribution in [0.2, 0.25) is 0 Å². The SMILES string of the molecule is CNCC(=Cc1cc(C(=O)OC)ccc1N)B1OC(C)(C)C(C)(C)O1. The summed E-state index contributed by atoms with van der Waals surface area (Å²) in [6.45, 7) is 8.61. The molecular weight excluding hydrogens is 319 g/mol. The van der Waals surface area contributed by atoms with Gasteiger partial charge in [-0.15, -0.1) is 0 Å². The highest BCUT2D eigenvalue weighted by atomic mass is 16.7. The second-order valence-electron chi connectivity index (χ2n) is 7.17. The first-order chi connectivity index (χ1) is 11.6. The molecule has 1 aromatic carbocycles. The van der Waals surface area contributed by atoms with Crippen molar-refractivity contribution in [1.82, 2.24) is 5.32 Å². The monoisotopic (exact) mass is 346 g/mol. The second-order valence-corrected chi connectivity index (χ2v) is 7.17. The summed E-state index contributed by atoms with van der Waals surface area (Å²) in [5.74, 6) is -0.402. The number of anilines is 1. The van der Waals surface area contributed by atoms with E-state index in [1.807, 2.05) is 40.8 Å². The van der Waals surface area contributed by atoms with E-state index in [2.05, 4.69) is 5.32 Å². The molecule has 2 rings (SSSR count). The molecule has 25 heavy (non-hydrogen) atoms. The van der Waals surface area contributed by atoms with Crippen molar-refractivity contribution in [1.29, 1.82) is 0 Å². The van der Waals surface area contributed by atoms with Gasteiger partial charge in [-0.25, -0.2) is 4.79 Å². The first kappa shape index (κ1) is 19.5. The predicted molar refractivity (Wildman–Crippen MR) is 100 cm³/mol. The fourth-order valence-electron chi connectivity index (χ4n) is 2.55. The molecule has 0 bridgehead atoms. The van der Waals surface area contributed by atoms with E-state index in [9.17, 15) is 4.79 Å². The number of nitrogens with one attached hydrogen (secondary N) is 1. The van der Waals surface area contributed by atoms with Crippen LogP contribution >= 0.6 is 0 Å². The van der Waals surface area contributed by atoms with Crippen molar-refractivity contribution >= 4 is 24.9 Å². The Kier molecular flexibility index (Phi) is 5.61. The number of carbonyl (C=O) groups excluding carboxylic acids is 1. The van der Waals surface area contributed by atoms with Gasteiger partial charge >= 0.3 is 13.1 Å². The molecule has 3 N–H and O–H groups in total. The highest BCUT2D eigenvalue weighted by Gasteiger charge is 2.52. The molecule has 0 spiro atoms. The lowest BCUT2D eigenvalue weighted by atomic mass is 9.76. The molecule has 7 heteroatoms. The van der Waals surface area contributed by atoms with Gasteiger partial charge in [-0.2, -0.15) is 0 Å². The predicted octanol–water partition coefficient (Wildman–Crippen LogP) is 2.29. The van der Waals surface area contributed by atoms with Crippen LogP contribution in [-0.2, 0) is 14.0 Å². The molecule has 0 aromatic heterocycles. The minimum absolute atomic E-state index is 0.402. The number of methoxy groups -OCH3 is 1. The van der Waals surface area contributed by atoms with Gasteiger partial charge in [0, 0.05) is 12.2 Å². The number of hydrogen-bond donors (Lipinski definition) is 2. The van der Waals surface area contributed by atoms with Crippen LogP contribution in [0.5, 0.6) is 0 Å². The number of rotatable bonds is 5. The topological polar surface area (TPSA) is 82.8 Å². The number of esters is 1. The Morgan fingerprint density at radius 2 is 1.88 bits per heavy atom. The van der Waals surface area contributed by atoms with Crippen molar-refractivity contribution in [2.24, 2.45) is 0 Å². The molecular formula is C18H27BN2O4. The molecule has 6 nitrogen and oxygen atoms in total. The summed E-state index contributed by atoms with van der Waals surface area (Å²) in [7, 11) is 2.72. The van der Waals surface area contributed by atoms with E-state index in [-0.39, 0.29) is 0 Å². The van der Waals surface area contributed by atoms with Crippen LogP contribution in [0.3, 0.4) is 0 Å². The van der Waals surface area contributed by atoms with E-state index in [4.69, 9.17) is 19.8 Å². The van der Waals surface area contributed by atoms with Crippen LogP contribution in [0.1, 0.15) is 43.6 Å². The van der Waals surface area contributed by atoms with Crippen molar-refractivity contribution in [2.45, 2.75) is 38.9 Å². The van der Waals surface area contributed by atoms with Gasteiger partial charge in [0.1, 0.15) is 0 Å². The molecule has 1 aliphatic heterocycles. The fraction of sp³-hybridized carbons (Fsp3) is 0.500. The summed E-state index contributed by atoms with van der Waals surface area (Å²) in [4.78, 5) is 11.8. The van der Waals surface area contributed by atoms with E-state index in [0.717, 1.165) is 11.0 Å². The zero-order valence-corrected chi connectivity index (χ0v) is 15.8. The average molecular weight is 346 g/mol. The molecule has 0 unspecified atom stereocenters. The minimum atomic E-state index is -0.487. The highest BCUT2D eigenvalue weighted by molar-refractivity contribution is 6.56. The maximum absolute atomic E-state index is 11.8. The molecule has 1 saturated heterocycles. The van der Waals surface area contributed by atoms with Gasteiger partial charge in [-0.3, -0.25) is 0 Å². The minimum Gasteiger partial charge on any atom is -0.465 e. The van der Waals surface area contributed by atoms with E-state index in [1.165, 1.54) is 7.11 Å². The van der Waals surface area contributed by atoms with Gasteiger partial charge in [0.15, 0.2) is 0 Å². The number of likely N-dealkylation sites (N-methyl/N-ethyl adjacent to an activating group) is 1. The van der Waals surface area contributed by atoms with E-state index in [1.54, 1.807) is 18.2 Å². The summed E-state index contributed by atoms with van der Waals surface area (Å²) in [6.07, 6.45) is 1.90. The lowest BCUT2D eigenvalue weighted by molar-refractivity contribution is 0.00578. The molecule has 1 aliphatic rings. The van der Waals surface area contributed by atoms with Crippen LogP contribution in [0.25, 0.3) is 6.08 Å². The Morgan fingerprint density at radius 3 is 2.40 bits per heavy atom. The van der Waals surface area contributed by atoms with Gasteiger partial charge in [0.25, 0.3) is 0 Å². The van der Waals surface area contributed by atoms with Crippen molar-refractivity contribution in [3.8, 4) is 0 Å². The molecule has 0 amide bonds. The first-order valence-corrected chi connectivity index (χ1v) is 8.30. The zero-order chi connectivity index (χ0) is 18.8. The van der Waals surface area contributed by atoms with Crippen molar-refractivity contribution < 1.29 is 18.8 Å². The summed E-state index contributed by atoms with van der Waals surface area (Å²) >= 11 is 0. The normalized spacial score (nSPS) is 19.1. The molecule has 1 fully saturated rings. The molecule has 1 aromatic rings. The molecule has 0 saturated carbocycles. The summed E-state index contributed by atoms with van der Waals surface area (Å²) in [5.41, 5.74) is 7.86. The van der Waals surface area contributed by atoms with E-state index < -0.39 is 24.3 Å². The van der Waals surface area contributed by atoms with Crippen LogP contribution in [0.15, 0.2) is 23.7 Å². The van der Waals surface area contributed by atoms with Crippen molar-refractivity contribution in [2.75, 3.05) is 26.4 Å². The lowest BCUT2D eigenvalue weighted by Crippen LogP contribution is -2.41. The first-order valence-electron chi connectivity index (χ1n) is 8.30. The molecule has 136 valence electrons. The largest absolute Gasteiger partial charge is 0.491 e. The number of nitrogens with two attached hydrogens (primary N) is 1. The molecule has 0 radical (unpaired) electrons. The Balaban J connectivity index is 2.40. The third-order valence-corrected chi connectivity index (χ3v) is 4.79. The van der Waals surface area contributed by atoms with Gasteiger partial charge < -0.3 is 25.1 Å². The summed E-state index contributed by atoms with van der Waals surface area (Å²) in [5, 5.41) is 3.13. The molecule has 0 aliphatic carbocycles. The summed E-state index contributed by atoms with van der Waals surface area (Å²) in [6, 6.07) is 5.05. The van der Waals surface area contributed by atoms with Gasteiger partial charge in [0.05, 0.1) is 23.9 Å². The van der Waals surface area contributed by atoms with Gasteiger partial charge in [-0.05, 0) is 64.0 Å². The molecule has 0 atom stereocenters. The van der Waals surface area contributed by atoms with Crippen LogP contribution in [0, 0.1) is 0 Å². The Morgan fingerprint density at radius 1 is 1.28 bits per heavy atom. The standard InChI is InChI=1S/C18H27BN2O4/c1-17(2)18(3,4)25-19(24-17)14(11-21-5)10-13-9-12(16(22)23-6)7-8-15(13)20/h7-10,21H,11,20H2,1-6H3. The fourth-order valence-corrected chi connectivity index (χ4v) is 2.55. The van der Waals surface area contributed by atoms with Crippen molar-refractivity contribution in [3.63, 3.8) is 0 Å². The number of nitrogen functional groups attached to an aromatic ring is 1. The lowest BCUT2D eigenvalue weighted by Gasteiger charge is -2.32. The van der Waals surface area contributed by atoms with E-state index in [0.29, 0.717) is 17.8 Å². The van der Waals surface area contributed by atoms with Crippen LogP contribution in [-0.4, -0.2) is 45.0 Å². The van der Waals surface area contributed by atoms with Crippen LogP contribution < -0.4 is 11.1 Å². The summed E-state index contributed by atoms with van der Waals surface area (Å²) < 4.78 is 17.0. The maximum Gasteiger partial charge on any atom is 0.491 e. The smallest absolute Gasteiger partial charge is 0.465 e. The quantitative estimate of drug-likeness (QED) is 0.484. The van der Waals surface area contributed by atoms with Crippen molar-refractivity contribution in [3.05, 3.63) is 34.8 Å². The van der Waals surface area contributed by atoms with E-state index >= 15 is 0 Å². The highest BCUT2D eigenvalue weighted by Crippen LogP contribution is 2.38. The Bertz CT molecular complexity index is 670. The number of ether oxygens (including phenoxy) is 1. The van der Waals surface area contributed by atoms with Crippen LogP contribution in [0.4, 0.5) is 5.69 Å². The van der Waals surface area contributed by atoms with Gasteiger partial charge in [0.2, 0.25) is 0 Å². The van der Waals surface area contributed by atoms with Gasteiger partial charge in [-0.1, -0.05) is 6.08 Å². The maximum atomic E-state index is 11.8. The third kappa shape index (κ3) is 4.06. The number of carbonyl (C=O) groups is 1. The zero-order valence-electron chi connectivity index (χ0n) is 15.8. The Hall–Kier alpha value is -1.83. The number of benzene rings is 1. The average Bonchev–Trinajstić information content (AvgIpc) is 2.76. The number of hydrogen-bond acceptors (Lipinski definition) is 6. The second kappa shape index (κ2) is 7.19. The molecule has 1 heterocycles.